The number of aliphatic carboxylic acids is 1. The second kappa shape index (κ2) is 7.85. The second-order valence-electron chi connectivity index (χ2n) is 9.50. The molecule has 0 amide bonds. The Morgan fingerprint density at radius 3 is 2.58 bits per heavy atom. The van der Waals surface area contributed by atoms with E-state index in [0.717, 1.165) is 45.0 Å². The van der Waals surface area contributed by atoms with Crippen molar-refractivity contribution in [3.63, 3.8) is 0 Å². The number of aromatic nitrogens is 1. The van der Waals surface area contributed by atoms with E-state index in [2.05, 4.69) is 18.2 Å². The summed E-state index contributed by atoms with van der Waals surface area (Å²) in [5, 5.41) is 13.3. The predicted octanol–water partition coefficient (Wildman–Crippen LogP) is 6.24. The van der Waals surface area contributed by atoms with Gasteiger partial charge in [0, 0.05) is 28.5 Å². The van der Waals surface area contributed by atoms with Gasteiger partial charge >= 0.3 is 5.97 Å². The minimum atomic E-state index is -1.15. The summed E-state index contributed by atoms with van der Waals surface area (Å²) in [4.78, 5) is 17.3. The molecule has 1 N–H and O–H groups in total. The van der Waals surface area contributed by atoms with Crippen LogP contribution in [0.1, 0.15) is 43.7 Å². The van der Waals surface area contributed by atoms with Crippen LogP contribution in [-0.2, 0) is 16.0 Å². The number of benzene rings is 3. The molecule has 5 nitrogen and oxygen atoms in total. The molecule has 3 aromatic carbocycles. The van der Waals surface area contributed by atoms with Crippen LogP contribution in [0.5, 0.6) is 5.75 Å². The Balaban J connectivity index is 1.90. The van der Waals surface area contributed by atoms with Crippen molar-refractivity contribution in [2.24, 2.45) is 0 Å². The number of fused-ring (bicyclic) bond motifs is 1. The zero-order valence-electron chi connectivity index (χ0n) is 19.3. The lowest BCUT2D eigenvalue weighted by atomic mass is 9.87. The van der Waals surface area contributed by atoms with Gasteiger partial charge in [-0.15, -0.1) is 0 Å². The van der Waals surface area contributed by atoms with Crippen LogP contribution in [-0.4, -0.2) is 28.3 Å². The quantitative estimate of drug-likeness (QED) is 0.406. The summed E-state index contributed by atoms with van der Waals surface area (Å²) >= 11 is 0. The third-order valence-corrected chi connectivity index (χ3v) is 6.07. The monoisotopic (exact) mass is 441 g/mol. The molecule has 0 bridgehead atoms. The van der Waals surface area contributed by atoms with E-state index in [-0.39, 0.29) is 0 Å². The highest BCUT2D eigenvalue weighted by Gasteiger charge is 2.33. The predicted molar refractivity (Wildman–Crippen MR) is 130 cm³/mol. The Labute approximate surface area is 193 Å². The first kappa shape index (κ1) is 21.4. The molecule has 33 heavy (non-hydrogen) atoms. The number of rotatable bonds is 4. The molecule has 5 heteroatoms. The summed E-state index contributed by atoms with van der Waals surface area (Å²) in [6.07, 6.45) is -0.305. The van der Waals surface area contributed by atoms with Gasteiger partial charge in [-0.25, -0.2) is 4.79 Å². The summed E-state index contributed by atoms with van der Waals surface area (Å²) in [7, 11) is 0. The van der Waals surface area contributed by atoms with Crippen LogP contribution in [0.2, 0.25) is 0 Å². The molecule has 1 aliphatic heterocycles. The van der Waals surface area contributed by atoms with Gasteiger partial charge in [-0.3, -0.25) is 4.98 Å². The van der Waals surface area contributed by atoms with Gasteiger partial charge in [0.05, 0.1) is 17.7 Å². The number of nitrogens with zero attached hydrogens (tertiary/aromatic N) is 1. The average Bonchev–Trinajstić information content (AvgIpc) is 2.77. The fourth-order valence-electron chi connectivity index (χ4n) is 4.81. The van der Waals surface area contributed by atoms with Crippen LogP contribution in [0.3, 0.4) is 0 Å². The molecule has 1 aliphatic rings. The van der Waals surface area contributed by atoms with Crippen LogP contribution < -0.4 is 4.74 Å². The standard InChI is InChI=1S/C28H27NO4/c1-16-23(26(27(30)31)33-28(2,3)4)25(20-9-5-6-11-21(20)29-16)19-12-13-22-24-17(14-15-32-22)8-7-10-18(19)24/h5-13,26H,14-15H2,1-4H3,(H,30,31)/t26-/m0/s1. The summed E-state index contributed by atoms with van der Waals surface area (Å²) in [6, 6.07) is 18.2. The fraction of sp³-hybridized carbons (Fsp3) is 0.286. The minimum absolute atomic E-state index is 0.591. The lowest BCUT2D eigenvalue weighted by Gasteiger charge is -2.28. The normalized spacial score (nSPS) is 14.3. The molecular formula is C28H27NO4. The molecule has 0 aliphatic carbocycles. The first-order chi connectivity index (χ1) is 15.7. The minimum Gasteiger partial charge on any atom is -0.493 e. The molecule has 0 saturated carbocycles. The molecule has 1 atom stereocenters. The van der Waals surface area contributed by atoms with Gasteiger partial charge in [0.2, 0.25) is 0 Å². The van der Waals surface area contributed by atoms with Crippen molar-refractivity contribution in [1.82, 2.24) is 4.98 Å². The molecule has 0 unspecified atom stereocenters. The Morgan fingerprint density at radius 2 is 1.82 bits per heavy atom. The van der Waals surface area contributed by atoms with Gasteiger partial charge in [0.1, 0.15) is 5.75 Å². The number of carboxylic acids is 1. The van der Waals surface area contributed by atoms with Crippen molar-refractivity contribution < 1.29 is 19.4 Å². The maximum atomic E-state index is 12.5. The van der Waals surface area contributed by atoms with E-state index in [9.17, 15) is 9.90 Å². The Morgan fingerprint density at radius 1 is 1.06 bits per heavy atom. The number of carboxylic acid groups (broad SMARTS) is 1. The van der Waals surface area contributed by atoms with Crippen LogP contribution in [0.25, 0.3) is 32.8 Å². The van der Waals surface area contributed by atoms with Crippen molar-refractivity contribution in [1.29, 1.82) is 0 Å². The average molecular weight is 442 g/mol. The number of ether oxygens (including phenoxy) is 2. The molecular weight excluding hydrogens is 414 g/mol. The van der Waals surface area contributed by atoms with Gasteiger partial charge in [-0.2, -0.15) is 0 Å². The Hall–Kier alpha value is -3.44. The maximum Gasteiger partial charge on any atom is 0.337 e. The van der Waals surface area contributed by atoms with Gasteiger partial charge in [0.15, 0.2) is 6.10 Å². The van der Waals surface area contributed by atoms with E-state index < -0.39 is 17.7 Å². The molecule has 5 rings (SSSR count). The lowest BCUT2D eigenvalue weighted by Crippen LogP contribution is -2.28. The smallest absolute Gasteiger partial charge is 0.337 e. The number of carbonyl (C=O) groups is 1. The van der Waals surface area contributed by atoms with Crippen molar-refractivity contribution in [2.75, 3.05) is 6.61 Å². The number of aryl methyl sites for hydroxylation is 1. The molecule has 4 aromatic rings. The summed E-state index contributed by atoms with van der Waals surface area (Å²) in [5.74, 6) is -0.162. The topological polar surface area (TPSA) is 68.7 Å². The van der Waals surface area contributed by atoms with Gasteiger partial charge in [0.25, 0.3) is 0 Å². The van der Waals surface area contributed by atoms with E-state index in [0.29, 0.717) is 17.9 Å². The van der Waals surface area contributed by atoms with Crippen molar-refractivity contribution in [3.05, 3.63) is 71.4 Å². The van der Waals surface area contributed by atoms with Crippen molar-refractivity contribution >= 4 is 27.6 Å². The van der Waals surface area contributed by atoms with E-state index in [1.807, 2.05) is 64.1 Å². The third-order valence-electron chi connectivity index (χ3n) is 6.07. The summed E-state index contributed by atoms with van der Waals surface area (Å²) in [5.41, 5.74) is 4.47. The number of para-hydroxylation sites is 1. The third kappa shape index (κ3) is 3.72. The van der Waals surface area contributed by atoms with Gasteiger partial charge < -0.3 is 14.6 Å². The molecule has 0 saturated heterocycles. The fourth-order valence-corrected chi connectivity index (χ4v) is 4.81. The molecule has 1 aromatic heterocycles. The van der Waals surface area contributed by atoms with Gasteiger partial charge in [-0.1, -0.05) is 42.5 Å². The van der Waals surface area contributed by atoms with Crippen LogP contribution in [0.4, 0.5) is 0 Å². The summed E-state index contributed by atoms with van der Waals surface area (Å²) in [6.45, 7) is 8.13. The zero-order chi connectivity index (χ0) is 23.3. The number of hydrogen-bond donors (Lipinski definition) is 1. The first-order valence-corrected chi connectivity index (χ1v) is 11.2. The van der Waals surface area contributed by atoms with Crippen molar-refractivity contribution in [3.8, 4) is 16.9 Å². The second-order valence-corrected chi connectivity index (χ2v) is 9.50. The highest BCUT2D eigenvalue weighted by molar-refractivity contribution is 6.09. The van der Waals surface area contributed by atoms with E-state index in [1.165, 1.54) is 5.56 Å². The molecule has 0 radical (unpaired) electrons. The van der Waals surface area contributed by atoms with Gasteiger partial charge in [-0.05, 0) is 61.9 Å². The van der Waals surface area contributed by atoms with Crippen LogP contribution in [0.15, 0.2) is 54.6 Å². The molecule has 0 spiro atoms. The van der Waals surface area contributed by atoms with E-state index >= 15 is 0 Å². The molecule has 168 valence electrons. The number of hydrogen-bond acceptors (Lipinski definition) is 4. The van der Waals surface area contributed by atoms with E-state index in [4.69, 9.17) is 14.5 Å². The van der Waals surface area contributed by atoms with Crippen molar-refractivity contribution in [2.45, 2.75) is 45.8 Å². The first-order valence-electron chi connectivity index (χ1n) is 11.2. The molecule has 2 heterocycles. The zero-order valence-corrected chi connectivity index (χ0v) is 19.3. The highest BCUT2D eigenvalue weighted by atomic mass is 16.5. The Kier molecular flexibility index (Phi) is 5.09. The molecule has 0 fully saturated rings. The highest BCUT2D eigenvalue weighted by Crippen LogP contribution is 2.44. The maximum absolute atomic E-state index is 12.5. The van der Waals surface area contributed by atoms with E-state index in [1.54, 1.807) is 0 Å². The number of pyridine rings is 1. The summed E-state index contributed by atoms with van der Waals surface area (Å²) < 4.78 is 12.1. The SMILES string of the molecule is Cc1nc2ccccc2c(-c2ccc3c4c(cccc24)CCO3)c1[C@H](OC(C)(C)C)C(=O)O. The Bertz CT molecular complexity index is 1390. The van der Waals surface area contributed by atoms with Crippen LogP contribution in [0, 0.1) is 6.92 Å². The lowest BCUT2D eigenvalue weighted by molar-refractivity contribution is -0.160. The largest absolute Gasteiger partial charge is 0.493 e. The van der Waals surface area contributed by atoms with Crippen LogP contribution >= 0.6 is 0 Å².